The summed E-state index contributed by atoms with van der Waals surface area (Å²) in [6.45, 7) is 10.4. The minimum absolute atomic E-state index is 0.0331. The van der Waals surface area contributed by atoms with E-state index in [4.69, 9.17) is 4.74 Å². The van der Waals surface area contributed by atoms with Crippen molar-refractivity contribution in [2.45, 2.75) is 45.7 Å². The molecule has 0 spiro atoms. The van der Waals surface area contributed by atoms with Crippen LogP contribution in [0.4, 0.5) is 0 Å². The van der Waals surface area contributed by atoms with Gasteiger partial charge in [-0.3, -0.25) is 14.4 Å². The fraction of sp³-hybridized carbons (Fsp3) is 0.750. The van der Waals surface area contributed by atoms with E-state index in [0.29, 0.717) is 13.0 Å². The summed E-state index contributed by atoms with van der Waals surface area (Å²) in [6, 6.07) is 0. The molecule has 124 valence electrons. The fourth-order valence-corrected chi connectivity index (χ4v) is 2.75. The van der Waals surface area contributed by atoms with Gasteiger partial charge in [0.1, 0.15) is 0 Å². The number of amides is 1. The van der Waals surface area contributed by atoms with E-state index in [1.54, 1.807) is 0 Å². The van der Waals surface area contributed by atoms with Gasteiger partial charge in [0.05, 0.1) is 19.4 Å². The summed E-state index contributed by atoms with van der Waals surface area (Å²) in [4.78, 5) is 14.5. The van der Waals surface area contributed by atoms with E-state index in [1.807, 2.05) is 24.9 Å². The largest absolute Gasteiger partial charge is 0.379 e. The molecule has 0 aliphatic carbocycles. The number of aryl methyl sites for hydroxylation is 1. The van der Waals surface area contributed by atoms with E-state index in [9.17, 15) is 4.79 Å². The maximum absolute atomic E-state index is 12.1. The summed E-state index contributed by atoms with van der Waals surface area (Å²) in [5.41, 5.74) is 2.20. The Hall–Kier alpha value is -1.40. The summed E-state index contributed by atoms with van der Waals surface area (Å²) < 4.78 is 7.21. The van der Waals surface area contributed by atoms with Gasteiger partial charge in [0.2, 0.25) is 5.91 Å². The summed E-state index contributed by atoms with van der Waals surface area (Å²) in [6.07, 6.45) is 3.21. The molecule has 22 heavy (non-hydrogen) atoms. The zero-order valence-electron chi connectivity index (χ0n) is 14.2. The first kappa shape index (κ1) is 17.0. The van der Waals surface area contributed by atoms with Gasteiger partial charge in [-0.15, -0.1) is 0 Å². The summed E-state index contributed by atoms with van der Waals surface area (Å²) >= 11 is 0. The predicted octanol–water partition coefficient (Wildman–Crippen LogP) is 1.24. The first-order chi connectivity index (χ1) is 10.4. The molecule has 1 amide bonds. The third-order valence-electron chi connectivity index (χ3n) is 4.64. The molecule has 1 N–H and O–H groups in total. The van der Waals surface area contributed by atoms with Crippen molar-refractivity contribution in [1.29, 1.82) is 0 Å². The smallest absolute Gasteiger partial charge is 0.220 e. The van der Waals surface area contributed by atoms with E-state index in [-0.39, 0.29) is 11.4 Å². The molecule has 1 aromatic heterocycles. The Morgan fingerprint density at radius 3 is 2.68 bits per heavy atom. The van der Waals surface area contributed by atoms with Gasteiger partial charge in [-0.25, -0.2) is 0 Å². The Morgan fingerprint density at radius 2 is 2.09 bits per heavy atom. The van der Waals surface area contributed by atoms with Crippen LogP contribution in [0.15, 0.2) is 6.20 Å². The maximum Gasteiger partial charge on any atom is 0.220 e. The average molecular weight is 308 g/mol. The van der Waals surface area contributed by atoms with E-state index in [2.05, 4.69) is 29.2 Å². The van der Waals surface area contributed by atoms with Crippen LogP contribution >= 0.6 is 0 Å². The van der Waals surface area contributed by atoms with Crippen LogP contribution in [0.5, 0.6) is 0 Å². The van der Waals surface area contributed by atoms with Crippen molar-refractivity contribution < 1.29 is 9.53 Å². The van der Waals surface area contributed by atoms with Crippen LogP contribution in [0.25, 0.3) is 0 Å². The molecular formula is C16H28N4O2. The normalized spacial score (nSPS) is 16.7. The molecule has 1 saturated heterocycles. The number of hydrogen-bond acceptors (Lipinski definition) is 4. The van der Waals surface area contributed by atoms with Crippen molar-refractivity contribution >= 4 is 5.91 Å². The number of aromatic nitrogens is 2. The average Bonchev–Trinajstić information content (AvgIpc) is 2.83. The third-order valence-corrected chi connectivity index (χ3v) is 4.64. The lowest BCUT2D eigenvalue weighted by atomic mass is 9.95. The minimum Gasteiger partial charge on any atom is -0.379 e. The quantitative estimate of drug-likeness (QED) is 0.859. The Morgan fingerprint density at radius 1 is 1.41 bits per heavy atom. The number of morpholine rings is 1. The molecule has 2 rings (SSSR count). The Kier molecular flexibility index (Phi) is 5.58. The van der Waals surface area contributed by atoms with E-state index < -0.39 is 0 Å². The van der Waals surface area contributed by atoms with Crippen molar-refractivity contribution in [1.82, 2.24) is 20.0 Å². The molecule has 1 aromatic rings. The van der Waals surface area contributed by atoms with Crippen LogP contribution in [-0.4, -0.2) is 52.4 Å². The Labute approximate surface area is 132 Å². The van der Waals surface area contributed by atoms with Gasteiger partial charge in [0.15, 0.2) is 0 Å². The van der Waals surface area contributed by atoms with E-state index >= 15 is 0 Å². The van der Waals surface area contributed by atoms with Crippen molar-refractivity contribution in [3.05, 3.63) is 17.5 Å². The summed E-state index contributed by atoms with van der Waals surface area (Å²) in [7, 11) is 1.91. The highest BCUT2D eigenvalue weighted by Gasteiger charge is 2.28. The highest BCUT2D eigenvalue weighted by molar-refractivity contribution is 5.75. The first-order valence-corrected chi connectivity index (χ1v) is 7.97. The number of rotatable bonds is 6. The minimum atomic E-state index is 0.0331. The molecule has 0 radical (unpaired) electrons. The SMILES string of the molecule is Cc1c(CNC(=O)CCC(C)(C)N2CCOCC2)cnn1C. The molecule has 6 nitrogen and oxygen atoms in total. The van der Waals surface area contributed by atoms with Gasteiger partial charge < -0.3 is 10.1 Å². The fourth-order valence-electron chi connectivity index (χ4n) is 2.75. The second kappa shape index (κ2) is 7.24. The number of ether oxygens (including phenoxy) is 1. The number of carbonyl (C=O) groups is 1. The van der Waals surface area contributed by atoms with Crippen LogP contribution in [0, 0.1) is 6.92 Å². The second-order valence-corrected chi connectivity index (χ2v) is 6.57. The molecule has 0 unspecified atom stereocenters. The van der Waals surface area contributed by atoms with Crippen LogP contribution < -0.4 is 5.32 Å². The van der Waals surface area contributed by atoms with E-state index in [0.717, 1.165) is 44.0 Å². The maximum atomic E-state index is 12.1. The van der Waals surface area contributed by atoms with Crippen LogP contribution in [0.2, 0.25) is 0 Å². The Bertz CT molecular complexity index is 504. The van der Waals surface area contributed by atoms with Crippen molar-refractivity contribution in [3.63, 3.8) is 0 Å². The van der Waals surface area contributed by atoms with Crippen LogP contribution in [-0.2, 0) is 23.1 Å². The van der Waals surface area contributed by atoms with Gasteiger partial charge in [-0.1, -0.05) is 0 Å². The molecule has 0 saturated carbocycles. The zero-order chi connectivity index (χ0) is 16.2. The molecule has 0 aromatic carbocycles. The second-order valence-electron chi connectivity index (χ2n) is 6.57. The highest BCUT2D eigenvalue weighted by atomic mass is 16.5. The van der Waals surface area contributed by atoms with Crippen molar-refractivity contribution in [3.8, 4) is 0 Å². The monoisotopic (exact) mass is 308 g/mol. The lowest BCUT2D eigenvalue weighted by molar-refractivity contribution is -0.122. The molecule has 2 heterocycles. The van der Waals surface area contributed by atoms with Crippen LogP contribution in [0.3, 0.4) is 0 Å². The van der Waals surface area contributed by atoms with Gasteiger partial charge in [-0.05, 0) is 27.2 Å². The first-order valence-electron chi connectivity index (χ1n) is 7.97. The zero-order valence-corrected chi connectivity index (χ0v) is 14.2. The number of nitrogens with zero attached hydrogens (tertiary/aromatic N) is 3. The predicted molar refractivity (Wildman–Crippen MR) is 85.5 cm³/mol. The van der Waals surface area contributed by atoms with Crippen LogP contribution in [0.1, 0.15) is 37.9 Å². The molecular weight excluding hydrogens is 280 g/mol. The van der Waals surface area contributed by atoms with Gasteiger partial charge in [-0.2, -0.15) is 5.10 Å². The lowest BCUT2D eigenvalue weighted by Gasteiger charge is -2.40. The van der Waals surface area contributed by atoms with Crippen molar-refractivity contribution in [2.24, 2.45) is 7.05 Å². The number of nitrogens with one attached hydrogen (secondary N) is 1. The molecule has 1 aliphatic rings. The topological polar surface area (TPSA) is 59.4 Å². The number of carbonyl (C=O) groups excluding carboxylic acids is 1. The van der Waals surface area contributed by atoms with E-state index in [1.165, 1.54) is 0 Å². The van der Waals surface area contributed by atoms with Gasteiger partial charge >= 0.3 is 0 Å². The molecule has 1 fully saturated rings. The highest BCUT2D eigenvalue weighted by Crippen LogP contribution is 2.21. The standard InChI is InChI=1S/C16H28N4O2/c1-13-14(12-18-19(13)4)11-17-15(21)5-6-16(2,3)20-7-9-22-10-8-20/h12H,5-11H2,1-4H3,(H,17,21). The number of hydrogen-bond donors (Lipinski definition) is 1. The third kappa shape index (κ3) is 4.30. The van der Waals surface area contributed by atoms with Gasteiger partial charge in [0.25, 0.3) is 0 Å². The molecule has 6 heteroatoms. The van der Waals surface area contributed by atoms with Crippen molar-refractivity contribution in [2.75, 3.05) is 26.3 Å². The summed E-state index contributed by atoms with van der Waals surface area (Å²) in [5, 5.41) is 7.18. The van der Waals surface area contributed by atoms with Gasteiger partial charge in [0, 0.05) is 49.9 Å². The molecule has 0 bridgehead atoms. The molecule has 1 aliphatic heterocycles. The Balaban J connectivity index is 1.76. The summed E-state index contributed by atoms with van der Waals surface area (Å²) in [5.74, 6) is 0.101. The lowest BCUT2D eigenvalue weighted by Crippen LogP contribution is -2.50. The molecule has 0 atom stereocenters.